The highest BCUT2D eigenvalue weighted by atomic mass is 35.5. The number of nitrogens with two attached hydrogens (primary N) is 1. The van der Waals surface area contributed by atoms with Crippen LogP contribution < -0.4 is 5.73 Å². The zero-order valence-corrected chi connectivity index (χ0v) is 11.4. The van der Waals surface area contributed by atoms with Crippen molar-refractivity contribution in [3.05, 3.63) is 34.9 Å². The van der Waals surface area contributed by atoms with E-state index >= 15 is 0 Å². The third kappa shape index (κ3) is 2.22. The highest BCUT2D eigenvalue weighted by molar-refractivity contribution is 6.31. The lowest BCUT2D eigenvalue weighted by Gasteiger charge is -2.42. The standard InChI is InChI=1S/C14H21ClN2/c1-17(2)14(9-5-6-10-14)13(16)11-7-3-4-8-12(11)15/h3-4,7-8,13H,5-6,9-10,16H2,1-2H3. The zero-order chi connectivity index (χ0) is 12.5. The molecule has 0 saturated heterocycles. The predicted molar refractivity (Wildman–Crippen MR) is 73.3 cm³/mol. The highest BCUT2D eigenvalue weighted by Gasteiger charge is 2.42. The third-order valence-corrected chi connectivity index (χ3v) is 4.52. The van der Waals surface area contributed by atoms with Gasteiger partial charge in [0.2, 0.25) is 0 Å². The smallest absolute Gasteiger partial charge is 0.0496 e. The second kappa shape index (κ2) is 4.97. The first kappa shape index (κ1) is 12.9. The van der Waals surface area contributed by atoms with Gasteiger partial charge in [0.15, 0.2) is 0 Å². The van der Waals surface area contributed by atoms with E-state index in [-0.39, 0.29) is 11.6 Å². The van der Waals surface area contributed by atoms with E-state index in [0.29, 0.717) is 0 Å². The minimum absolute atomic E-state index is 0.00583. The maximum absolute atomic E-state index is 6.51. The van der Waals surface area contributed by atoms with Gasteiger partial charge in [-0.1, -0.05) is 42.6 Å². The van der Waals surface area contributed by atoms with Crippen LogP contribution in [0.3, 0.4) is 0 Å². The first-order valence-electron chi connectivity index (χ1n) is 6.25. The maximum atomic E-state index is 6.51. The van der Waals surface area contributed by atoms with Crippen LogP contribution in [-0.2, 0) is 0 Å². The number of hydrogen-bond acceptors (Lipinski definition) is 2. The molecule has 1 aromatic carbocycles. The summed E-state index contributed by atoms with van der Waals surface area (Å²) in [6, 6.07) is 7.94. The summed E-state index contributed by atoms with van der Waals surface area (Å²) in [7, 11) is 4.25. The maximum Gasteiger partial charge on any atom is 0.0496 e. The number of nitrogens with zero attached hydrogens (tertiary/aromatic N) is 1. The van der Waals surface area contributed by atoms with Crippen LogP contribution in [0.1, 0.15) is 37.3 Å². The van der Waals surface area contributed by atoms with Gasteiger partial charge in [0.25, 0.3) is 0 Å². The van der Waals surface area contributed by atoms with E-state index in [4.69, 9.17) is 17.3 Å². The summed E-state index contributed by atoms with van der Waals surface area (Å²) >= 11 is 6.27. The van der Waals surface area contributed by atoms with E-state index in [1.165, 1.54) is 12.8 Å². The van der Waals surface area contributed by atoms with Crippen LogP contribution in [0.4, 0.5) is 0 Å². The molecule has 1 aromatic rings. The van der Waals surface area contributed by atoms with Gasteiger partial charge >= 0.3 is 0 Å². The van der Waals surface area contributed by atoms with Crippen molar-refractivity contribution in [2.75, 3.05) is 14.1 Å². The van der Waals surface area contributed by atoms with Crippen LogP contribution in [0.5, 0.6) is 0 Å². The first-order chi connectivity index (χ1) is 8.08. The van der Waals surface area contributed by atoms with Crippen molar-refractivity contribution in [3.8, 4) is 0 Å². The summed E-state index contributed by atoms with van der Waals surface area (Å²) in [5.74, 6) is 0. The monoisotopic (exact) mass is 252 g/mol. The number of halogens is 1. The summed E-state index contributed by atoms with van der Waals surface area (Å²) < 4.78 is 0. The van der Waals surface area contributed by atoms with Crippen LogP contribution in [0.15, 0.2) is 24.3 Å². The van der Waals surface area contributed by atoms with Crippen LogP contribution in [0, 0.1) is 0 Å². The quantitative estimate of drug-likeness (QED) is 0.895. The molecule has 0 spiro atoms. The molecule has 2 nitrogen and oxygen atoms in total. The molecule has 0 radical (unpaired) electrons. The van der Waals surface area contributed by atoms with Crippen LogP contribution in [0.25, 0.3) is 0 Å². The van der Waals surface area contributed by atoms with Gasteiger partial charge in [0.05, 0.1) is 0 Å². The van der Waals surface area contributed by atoms with E-state index in [1.807, 2.05) is 18.2 Å². The van der Waals surface area contributed by atoms with Crippen molar-refractivity contribution >= 4 is 11.6 Å². The van der Waals surface area contributed by atoms with Gasteiger partial charge in [-0.3, -0.25) is 0 Å². The number of benzene rings is 1. The molecule has 1 aliphatic carbocycles. The van der Waals surface area contributed by atoms with Crippen LogP contribution in [0.2, 0.25) is 5.02 Å². The minimum atomic E-state index is -0.00583. The number of rotatable bonds is 3. The predicted octanol–water partition coefficient (Wildman–Crippen LogP) is 3.21. The molecular weight excluding hydrogens is 232 g/mol. The van der Waals surface area contributed by atoms with Gasteiger partial charge in [-0.15, -0.1) is 0 Å². The lowest BCUT2D eigenvalue weighted by molar-refractivity contribution is 0.123. The summed E-state index contributed by atoms with van der Waals surface area (Å²) in [5.41, 5.74) is 7.66. The molecule has 17 heavy (non-hydrogen) atoms. The number of likely N-dealkylation sites (N-methyl/N-ethyl adjacent to an activating group) is 1. The Labute approximate surface area is 109 Å². The molecule has 1 aliphatic rings. The Morgan fingerprint density at radius 3 is 2.35 bits per heavy atom. The Kier molecular flexibility index (Phi) is 3.76. The molecule has 2 rings (SSSR count). The van der Waals surface area contributed by atoms with Crippen molar-refractivity contribution in [2.45, 2.75) is 37.3 Å². The molecule has 0 heterocycles. The molecule has 0 amide bonds. The van der Waals surface area contributed by atoms with Gasteiger partial charge in [-0.2, -0.15) is 0 Å². The van der Waals surface area contributed by atoms with Crippen LogP contribution in [-0.4, -0.2) is 24.5 Å². The fourth-order valence-corrected chi connectivity index (χ4v) is 3.29. The second-order valence-corrected chi connectivity index (χ2v) is 5.61. The fraction of sp³-hybridized carbons (Fsp3) is 0.571. The average Bonchev–Trinajstić information content (AvgIpc) is 2.79. The minimum Gasteiger partial charge on any atom is -0.322 e. The van der Waals surface area contributed by atoms with Gasteiger partial charge < -0.3 is 10.6 Å². The van der Waals surface area contributed by atoms with Gasteiger partial charge in [-0.25, -0.2) is 0 Å². The van der Waals surface area contributed by atoms with Crippen LogP contribution >= 0.6 is 11.6 Å². The van der Waals surface area contributed by atoms with E-state index < -0.39 is 0 Å². The molecule has 1 saturated carbocycles. The molecule has 0 bridgehead atoms. The Balaban J connectivity index is 2.35. The average molecular weight is 253 g/mol. The van der Waals surface area contributed by atoms with Crippen molar-refractivity contribution in [2.24, 2.45) is 5.73 Å². The van der Waals surface area contributed by atoms with E-state index in [1.54, 1.807) is 0 Å². The van der Waals surface area contributed by atoms with Crippen molar-refractivity contribution in [3.63, 3.8) is 0 Å². The molecule has 3 heteroatoms. The summed E-state index contributed by atoms with van der Waals surface area (Å²) in [6.07, 6.45) is 4.84. The Morgan fingerprint density at radius 1 is 1.24 bits per heavy atom. The molecule has 0 aromatic heterocycles. The molecule has 1 fully saturated rings. The lowest BCUT2D eigenvalue weighted by atomic mass is 9.83. The second-order valence-electron chi connectivity index (χ2n) is 5.20. The topological polar surface area (TPSA) is 29.3 Å². The summed E-state index contributed by atoms with van der Waals surface area (Å²) in [4.78, 5) is 2.29. The molecule has 0 aliphatic heterocycles. The third-order valence-electron chi connectivity index (χ3n) is 4.18. The Morgan fingerprint density at radius 2 is 1.82 bits per heavy atom. The normalized spacial score (nSPS) is 20.8. The van der Waals surface area contributed by atoms with E-state index in [0.717, 1.165) is 23.4 Å². The van der Waals surface area contributed by atoms with Crippen molar-refractivity contribution < 1.29 is 0 Å². The van der Waals surface area contributed by atoms with Gasteiger partial charge in [0.1, 0.15) is 0 Å². The molecule has 1 unspecified atom stereocenters. The Bertz CT molecular complexity index is 384. The van der Waals surface area contributed by atoms with E-state index in [9.17, 15) is 0 Å². The highest BCUT2D eigenvalue weighted by Crippen LogP contribution is 2.43. The fourth-order valence-electron chi connectivity index (χ4n) is 3.04. The molecule has 94 valence electrons. The van der Waals surface area contributed by atoms with Crippen molar-refractivity contribution in [1.29, 1.82) is 0 Å². The number of hydrogen-bond donors (Lipinski definition) is 1. The lowest BCUT2D eigenvalue weighted by Crippen LogP contribution is -2.50. The SMILES string of the molecule is CN(C)C1(C(N)c2ccccc2Cl)CCCC1. The molecule has 1 atom stereocenters. The first-order valence-corrected chi connectivity index (χ1v) is 6.63. The molecular formula is C14H21ClN2. The molecule has 2 N–H and O–H groups in total. The van der Waals surface area contributed by atoms with Gasteiger partial charge in [0, 0.05) is 16.6 Å². The largest absolute Gasteiger partial charge is 0.322 e. The van der Waals surface area contributed by atoms with Crippen molar-refractivity contribution in [1.82, 2.24) is 4.90 Å². The van der Waals surface area contributed by atoms with E-state index in [2.05, 4.69) is 25.1 Å². The van der Waals surface area contributed by atoms with Gasteiger partial charge in [-0.05, 0) is 38.6 Å². The zero-order valence-electron chi connectivity index (χ0n) is 10.6. The summed E-state index contributed by atoms with van der Waals surface area (Å²) in [5, 5.41) is 0.785. The Hall–Kier alpha value is -0.570. The summed E-state index contributed by atoms with van der Waals surface area (Å²) in [6.45, 7) is 0.